The van der Waals surface area contributed by atoms with Crippen LogP contribution in [0.5, 0.6) is 0 Å². The van der Waals surface area contributed by atoms with E-state index in [1.165, 1.54) is 14.6 Å². The second-order valence-electron chi connectivity index (χ2n) is 7.49. The van der Waals surface area contributed by atoms with E-state index in [2.05, 4.69) is 41.4 Å². The monoisotopic (exact) mass is 391 g/mol. The number of aromatic nitrogens is 3. The summed E-state index contributed by atoms with van der Waals surface area (Å²) in [5.41, 5.74) is 2.10. The lowest BCUT2D eigenvalue weighted by atomic mass is 9.96. The zero-order chi connectivity index (χ0) is 18.9. The van der Waals surface area contributed by atoms with Crippen molar-refractivity contribution >= 4 is 21.6 Å². The average Bonchev–Trinajstić information content (AvgIpc) is 3.41. The first-order valence-corrected chi connectivity index (χ1v) is 10.7. The molecule has 1 saturated heterocycles. The number of likely N-dealkylation sites (tertiary alicyclic amines) is 1. The van der Waals surface area contributed by atoms with Crippen molar-refractivity contribution in [3.8, 4) is 11.5 Å². The molecule has 142 valence electrons. The second-order valence-corrected chi connectivity index (χ2v) is 8.55. The molecule has 2 aromatic heterocycles. The Hall–Kier alpha value is -2.57. The minimum absolute atomic E-state index is 0.210. The predicted molar refractivity (Wildman–Crippen MR) is 110 cm³/mol. The number of fused-ring (bicyclic) bond motifs is 1. The van der Waals surface area contributed by atoms with E-state index in [1.807, 2.05) is 41.7 Å². The molecule has 6 heteroatoms. The molecule has 0 amide bonds. The van der Waals surface area contributed by atoms with Crippen molar-refractivity contribution in [2.45, 2.75) is 31.7 Å². The first kappa shape index (κ1) is 17.5. The number of nitrogens with one attached hydrogen (secondary N) is 1. The van der Waals surface area contributed by atoms with Crippen molar-refractivity contribution in [2.75, 3.05) is 13.1 Å². The molecular weight excluding hydrogens is 368 g/mol. The second kappa shape index (κ2) is 7.45. The van der Waals surface area contributed by atoms with Gasteiger partial charge < -0.3 is 9.32 Å². The lowest BCUT2D eigenvalue weighted by molar-refractivity contribution is -0.936. The van der Waals surface area contributed by atoms with Gasteiger partial charge in [0.2, 0.25) is 5.89 Å². The third kappa shape index (κ3) is 3.34. The zero-order valence-electron chi connectivity index (χ0n) is 15.8. The number of benzene rings is 2. The van der Waals surface area contributed by atoms with Crippen LogP contribution in [0.1, 0.15) is 42.6 Å². The fourth-order valence-corrected chi connectivity index (χ4v) is 5.15. The van der Waals surface area contributed by atoms with Crippen LogP contribution in [-0.2, 0) is 0 Å². The molecule has 0 radical (unpaired) electrons. The lowest BCUT2D eigenvalue weighted by Crippen LogP contribution is -3.13. The zero-order valence-corrected chi connectivity index (χ0v) is 16.7. The molecule has 0 aliphatic carbocycles. The minimum atomic E-state index is 0.210. The first-order valence-electron chi connectivity index (χ1n) is 9.87. The third-order valence-corrected chi connectivity index (χ3v) is 6.93. The maximum absolute atomic E-state index is 5.98. The number of rotatable bonds is 4. The molecule has 5 rings (SSSR count). The summed E-state index contributed by atoms with van der Waals surface area (Å²) < 4.78 is 7.27. The van der Waals surface area contributed by atoms with E-state index in [1.54, 1.807) is 0 Å². The number of thiazole rings is 1. The van der Waals surface area contributed by atoms with Gasteiger partial charge in [-0.3, -0.25) is 0 Å². The molecule has 5 nitrogen and oxygen atoms in total. The number of para-hydroxylation sites is 1. The van der Waals surface area contributed by atoms with E-state index in [9.17, 15) is 0 Å². The predicted octanol–water partition coefficient (Wildman–Crippen LogP) is 3.87. The third-order valence-electron chi connectivity index (χ3n) is 5.73. The van der Waals surface area contributed by atoms with Crippen LogP contribution >= 0.6 is 11.3 Å². The minimum Gasteiger partial charge on any atom is -0.415 e. The Balaban J connectivity index is 1.26. The fourth-order valence-electron chi connectivity index (χ4n) is 4.01. The number of hydrogen-bond acceptors (Lipinski definition) is 5. The molecule has 2 aromatic carbocycles. The molecule has 1 aliphatic rings. The maximum atomic E-state index is 5.98. The van der Waals surface area contributed by atoms with Gasteiger partial charge in [0, 0.05) is 24.3 Å². The van der Waals surface area contributed by atoms with Crippen LogP contribution in [0.25, 0.3) is 21.7 Å². The highest BCUT2D eigenvalue weighted by molar-refractivity contribution is 7.18. The molecule has 0 saturated carbocycles. The largest absolute Gasteiger partial charge is 0.415 e. The summed E-state index contributed by atoms with van der Waals surface area (Å²) in [6, 6.07) is 18.6. The average molecular weight is 392 g/mol. The van der Waals surface area contributed by atoms with Crippen LogP contribution < -0.4 is 4.90 Å². The van der Waals surface area contributed by atoms with Gasteiger partial charge in [0.1, 0.15) is 0 Å². The van der Waals surface area contributed by atoms with Crippen molar-refractivity contribution < 1.29 is 9.32 Å². The molecule has 1 aliphatic heterocycles. The summed E-state index contributed by atoms with van der Waals surface area (Å²) in [5, 5.41) is 9.87. The summed E-state index contributed by atoms with van der Waals surface area (Å²) in [4.78, 5) is 6.38. The smallest absolute Gasteiger partial charge is 0.274 e. The molecule has 1 N–H and O–H groups in total. The summed E-state index contributed by atoms with van der Waals surface area (Å²) in [7, 11) is 0. The topological polar surface area (TPSA) is 56.2 Å². The van der Waals surface area contributed by atoms with E-state index < -0.39 is 0 Å². The summed E-state index contributed by atoms with van der Waals surface area (Å²) in [6.07, 6.45) is 2.30. The highest BCUT2D eigenvalue weighted by Crippen LogP contribution is 2.32. The highest BCUT2D eigenvalue weighted by Gasteiger charge is 2.31. The van der Waals surface area contributed by atoms with Gasteiger partial charge in [-0.15, -0.1) is 21.5 Å². The summed E-state index contributed by atoms with van der Waals surface area (Å²) >= 11 is 1.85. The van der Waals surface area contributed by atoms with Crippen molar-refractivity contribution in [3.63, 3.8) is 0 Å². The number of nitrogens with zero attached hydrogens (tertiary/aromatic N) is 3. The fraction of sp³-hybridized carbons (Fsp3) is 0.318. The van der Waals surface area contributed by atoms with Crippen LogP contribution in [0.4, 0.5) is 0 Å². The molecular formula is C22H23N4OS+. The Labute approximate surface area is 168 Å². The molecule has 0 bridgehead atoms. The summed E-state index contributed by atoms with van der Waals surface area (Å²) in [6.45, 7) is 4.39. The maximum Gasteiger partial charge on any atom is 0.274 e. The van der Waals surface area contributed by atoms with Gasteiger partial charge in [0.15, 0.2) is 6.04 Å². The molecule has 3 heterocycles. The Kier molecular flexibility index (Phi) is 4.66. The van der Waals surface area contributed by atoms with E-state index in [0.717, 1.165) is 42.9 Å². The van der Waals surface area contributed by atoms with Gasteiger partial charge in [-0.05, 0) is 31.2 Å². The molecule has 0 unspecified atom stereocenters. The SMILES string of the molecule is C[C@@H](c1nnc(-c2ccccc2)o1)[NH+]1CCC(c2nc3ccccc3s2)CC1. The van der Waals surface area contributed by atoms with Crippen LogP contribution in [0.15, 0.2) is 59.0 Å². The van der Waals surface area contributed by atoms with Gasteiger partial charge in [0.05, 0.1) is 28.3 Å². The number of piperidine rings is 1. The van der Waals surface area contributed by atoms with Crippen molar-refractivity contribution in [2.24, 2.45) is 0 Å². The molecule has 4 aromatic rings. The number of quaternary nitrogens is 1. The molecule has 0 spiro atoms. The van der Waals surface area contributed by atoms with Gasteiger partial charge in [-0.2, -0.15) is 0 Å². The van der Waals surface area contributed by atoms with E-state index in [4.69, 9.17) is 9.40 Å². The van der Waals surface area contributed by atoms with Crippen molar-refractivity contribution in [3.05, 3.63) is 65.5 Å². The van der Waals surface area contributed by atoms with Gasteiger partial charge in [-0.25, -0.2) is 4.98 Å². The molecule has 1 fully saturated rings. The van der Waals surface area contributed by atoms with Crippen LogP contribution in [0.2, 0.25) is 0 Å². The van der Waals surface area contributed by atoms with Crippen LogP contribution in [0.3, 0.4) is 0 Å². The Morgan fingerprint density at radius 2 is 1.75 bits per heavy atom. The number of hydrogen-bond donors (Lipinski definition) is 1. The van der Waals surface area contributed by atoms with Crippen LogP contribution in [-0.4, -0.2) is 28.3 Å². The molecule has 28 heavy (non-hydrogen) atoms. The van der Waals surface area contributed by atoms with Crippen molar-refractivity contribution in [1.82, 2.24) is 15.2 Å². The van der Waals surface area contributed by atoms with Crippen molar-refractivity contribution in [1.29, 1.82) is 0 Å². The quantitative estimate of drug-likeness (QED) is 0.574. The Morgan fingerprint density at radius 1 is 1.00 bits per heavy atom. The normalized spacial score (nSPS) is 21.0. The first-order chi connectivity index (χ1) is 13.8. The Bertz CT molecular complexity index is 1030. The standard InChI is InChI=1S/C22H22N4OS/c1-15(20-24-25-21(27-20)16-7-3-2-4-8-16)26-13-11-17(12-14-26)22-23-18-9-5-6-10-19(18)28-22/h2-10,15,17H,11-14H2,1H3/p+1/t15-/m0/s1. The lowest BCUT2D eigenvalue weighted by Gasteiger charge is -2.31. The van der Waals surface area contributed by atoms with Gasteiger partial charge in [0.25, 0.3) is 5.89 Å². The van der Waals surface area contributed by atoms with E-state index >= 15 is 0 Å². The highest BCUT2D eigenvalue weighted by atomic mass is 32.1. The van der Waals surface area contributed by atoms with Gasteiger partial charge >= 0.3 is 0 Å². The Morgan fingerprint density at radius 3 is 2.54 bits per heavy atom. The van der Waals surface area contributed by atoms with E-state index in [-0.39, 0.29) is 6.04 Å². The van der Waals surface area contributed by atoms with Gasteiger partial charge in [-0.1, -0.05) is 30.3 Å². The summed E-state index contributed by atoms with van der Waals surface area (Å²) in [5.74, 6) is 1.90. The van der Waals surface area contributed by atoms with Crippen LogP contribution in [0, 0.1) is 0 Å². The van der Waals surface area contributed by atoms with E-state index in [0.29, 0.717) is 11.8 Å². The molecule has 1 atom stereocenters.